The first kappa shape index (κ1) is 15.5. The molecular formula is C18H23NO2. The molecule has 0 bridgehead atoms. The number of hydrogen-bond donors (Lipinski definition) is 1. The first-order valence-electron chi connectivity index (χ1n) is 7.61. The molecule has 1 N–H and O–H groups in total. The van der Waals surface area contributed by atoms with Crippen LogP contribution in [0.4, 0.5) is 0 Å². The van der Waals surface area contributed by atoms with E-state index in [1.165, 1.54) is 19.3 Å². The molecule has 112 valence electrons. The number of aromatic hydroxyl groups is 1. The van der Waals surface area contributed by atoms with Gasteiger partial charge in [0.05, 0.1) is 12.3 Å². The molecule has 2 aromatic rings. The molecule has 3 nitrogen and oxygen atoms in total. The van der Waals surface area contributed by atoms with Crippen molar-refractivity contribution >= 4 is 0 Å². The third-order valence-electron chi connectivity index (χ3n) is 3.40. The second-order valence-electron chi connectivity index (χ2n) is 5.21. The summed E-state index contributed by atoms with van der Waals surface area (Å²) in [6.07, 6.45) is 6.77. The molecule has 0 atom stereocenters. The van der Waals surface area contributed by atoms with Crippen molar-refractivity contribution in [3.63, 3.8) is 0 Å². The van der Waals surface area contributed by atoms with E-state index in [1.807, 2.05) is 30.5 Å². The van der Waals surface area contributed by atoms with E-state index in [-0.39, 0.29) is 5.75 Å². The van der Waals surface area contributed by atoms with Gasteiger partial charge in [-0.1, -0.05) is 32.3 Å². The van der Waals surface area contributed by atoms with Gasteiger partial charge in [-0.25, -0.2) is 0 Å². The second-order valence-corrected chi connectivity index (χ2v) is 5.21. The van der Waals surface area contributed by atoms with Crippen molar-refractivity contribution in [2.75, 3.05) is 6.61 Å². The maximum atomic E-state index is 9.29. The highest BCUT2D eigenvalue weighted by Gasteiger charge is 2.00. The molecule has 0 radical (unpaired) electrons. The molecule has 0 aliphatic rings. The summed E-state index contributed by atoms with van der Waals surface area (Å²) in [5.74, 6) is 0.270. The molecule has 0 unspecified atom stereocenters. The van der Waals surface area contributed by atoms with Crippen LogP contribution in [0.25, 0.3) is 11.3 Å². The zero-order chi connectivity index (χ0) is 14.9. The van der Waals surface area contributed by atoms with Gasteiger partial charge in [0.25, 0.3) is 0 Å². The molecule has 0 fully saturated rings. The number of aromatic nitrogens is 1. The number of rotatable bonds is 8. The molecule has 1 aromatic heterocycles. The van der Waals surface area contributed by atoms with E-state index in [9.17, 15) is 5.11 Å². The smallest absolute Gasteiger partial charge is 0.115 e. The van der Waals surface area contributed by atoms with Crippen LogP contribution in [0.15, 0.2) is 42.6 Å². The maximum absolute atomic E-state index is 9.29. The molecule has 0 saturated heterocycles. The lowest BCUT2D eigenvalue weighted by Gasteiger charge is -2.05. The summed E-state index contributed by atoms with van der Waals surface area (Å²) in [6, 6.07) is 11.1. The minimum Gasteiger partial charge on any atom is -0.508 e. The number of unbranched alkanes of at least 4 members (excludes halogenated alkanes) is 3. The number of benzene rings is 1. The Morgan fingerprint density at radius 1 is 1.00 bits per heavy atom. The fourth-order valence-electron chi connectivity index (χ4n) is 2.13. The summed E-state index contributed by atoms with van der Waals surface area (Å²) in [5, 5.41) is 9.29. The highest BCUT2D eigenvalue weighted by Crippen LogP contribution is 2.20. The van der Waals surface area contributed by atoms with Gasteiger partial charge < -0.3 is 9.84 Å². The SMILES string of the molecule is CCCCCCOCc1ccc(-c2ccc(O)cc2)nc1. The van der Waals surface area contributed by atoms with Crippen LogP contribution in [0.1, 0.15) is 38.2 Å². The molecule has 3 heteroatoms. The Balaban J connectivity index is 1.80. The van der Waals surface area contributed by atoms with Crippen LogP contribution >= 0.6 is 0 Å². The first-order valence-corrected chi connectivity index (χ1v) is 7.61. The average Bonchev–Trinajstić information content (AvgIpc) is 2.52. The number of hydrogen-bond acceptors (Lipinski definition) is 3. The van der Waals surface area contributed by atoms with Crippen molar-refractivity contribution in [2.45, 2.75) is 39.2 Å². The van der Waals surface area contributed by atoms with Gasteiger partial charge in [-0.3, -0.25) is 4.98 Å². The maximum Gasteiger partial charge on any atom is 0.115 e. The van der Waals surface area contributed by atoms with Crippen molar-refractivity contribution < 1.29 is 9.84 Å². The van der Waals surface area contributed by atoms with Gasteiger partial charge in [0.1, 0.15) is 5.75 Å². The summed E-state index contributed by atoms with van der Waals surface area (Å²) < 4.78 is 5.65. The fraction of sp³-hybridized carbons (Fsp3) is 0.389. The fourth-order valence-corrected chi connectivity index (χ4v) is 2.13. The van der Waals surface area contributed by atoms with Crippen molar-refractivity contribution in [3.8, 4) is 17.0 Å². The lowest BCUT2D eigenvalue weighted by atomic mass is 10.1. The van der Waals surface area contributed by atoms with E-state index in [1.54, 1.807) is 12.1 Å². The molecule has 0 amide bonds. The van der Waals surface area contributed by atoms with Gasteiger partial charge in [-0.05, 0) is 42.3 Å². The van der Waals surface area contributed by atoms with Gasteiger partial charge in [-0.15, -0.1) is 0 Å². The second kappa shape index (κ2) is 8.42. The van der Waals surface area contributed by atoms with Gasteiger partial charge >= 0.3 is 0 Å². The van der Waals surface area contributed by atoms with E-state index < -0.39 is 0 Å². The topological polar surface area (TPSA) is 42.4 Å². The quantitative estimate of drug-likeness (QED) is 0.723. The zero-order valence-corrected chi connectivity index (χ0v) is 12.6. The third kappa shape index (κ3) is 5.20. The monoisotopic (exact) mass is 285 g/mol. The standard InChI is InChI=1S/C18H23NO2/c1-2-3-4-5-12-21-14-15-6-11-18(19-13-15)16-7-9-17(20)10-8-16/h6-11,13,20H,2-5,12,14H2,1H3. The normalized spacial score (nSPS) is 10.7. The molecule has 1 aromatic carbocycles. The van der Waals surface area contributed by atoms with Crippen LogP contribution in [0, 0.1) is 0 Å². The Hall–Kier alpha value is -1.87. The predicted octanol–water partition coefficient (Wildman–Crippen LogP) is 4.55. The number of nitrogens with zero attached hydrogens (tertiary/aromatic N) is 1. The van der Waals surface area contributed by atoms with Crippen molar-refractivity contribution in [3.05, 3.63) is 48.2 Å². The van der Waals surface area contributed by atoms with Crippen LogP contribution in [-0.4, -0.2) is 16.7 Å². The average molecular weight is 285 g/mol. The van der Waals surface area contributed by atoms with E-state index in [4.69, 9.17) is 4.74 Å². The molecule has 0 aliphatic heterocycles. The zero-order valence-electron chi connectivity index (χ0n) is 12.6. The van der Waals surface area contributed by atoms with E-state index in [0.29, 0.717) is 6.61 Å². The van der Waals surface area contributed by atoms with E-state index >= 15 is 0 Å². The lowest BCUT2D eigenvalue weighted by molar-refractivity contribution is 0.116. The molecule has 0 saturated carbocycles. The summed E-state index contributed by atoms with van der Waals surface area (Å²) in [7, 11) is 0. The Kier molecular flexibility index (Phi) is 6.22. The van der Waals surface area contributed by atoms with Crippen LogP contribution in [-0.2, 0) is 11.3 Å². The highest BCUT2D eigenvalue weighted by atomic mass is 16.5. The van der Waals surface area contributed by atoms with E-state index in [2.05, 4.69) is 11.9 Å². The van der Waals surface area contributed by atoms with Gasteiger partial charge in [0.2, 0.25) is 0 Å². The minimum absolute atomic E-state index is 0.270. The number of phenols is 1. The Labute approximate surface area is 126 Å². The Morgan fingerprint density at radius 2 is 1.81 bits per heavy atom. The number of pyridine rings is 1. The minimum atomic E-state index is 0.270. The van der Waals surface area contributed by atoms with Crippen molar-refractivity contribution in [1.29, 1.82) is 0 Å². The molecule has 1 heterocycles. The summed E-state index contributed by atoms with van der Waals surface area (Å²) in [5.41, 5.74) is 2.99. The van der Waals surface area contributed by atoms with Crippen molar-refractivity contribution in [2.24, 2.45) is 0 Å². The van der Waals surface area contributed by atoms with E-state index in [0.717, 1.165) is 29.8 Å². The highest BCUT2D eigenvalue weighted by molar-refractivity contribution is 5.59. The molecule has 21 heavy (non-hydrogen) atoms. The van der Waals surface area contributed by atoms with Crippen LogP contribution < -0.4 is 0 Å². The summed E-state index contributed by atoms with van der Waals surface area (Å²) >= 11 is 0. The van der Waals surface area contributed by atoms with Gasteiger partial charge in [0, 0.05) is 18.4 Å². The van der Waals surface area contributed by atoms with Gasteiger partial charge in [0.15, 0.2) is 0 Å². The van der Waals surface area contributed by atoms with Crippen molar-refractivity contribution in [1.82, 2.24) is 4.98 Å². The molecule has 0 aliphatic carbocycles. The van der Waals surface area contributed by atoms with Crippen LogP contribution in [0.5, 0.6) is 5.75 Å². The third-order valence-corrected chi connectivity index (χ3v) is 3.40. The molecular weight excluding hydrogens is 262 g/mol. The van der Waals surface area contributed by atoms with Gasteiger partial charge in [-0.2, -0.15) is 0 Å². The summed E-state index contributed by atoms with van der Waals surface area (Å²) in [4.78, 5) is 4.45. The lowest BCUT2D eigenvalue weighted by Crippen LogP contribution is -1.96. The van der Waals surface area contributed by atoms with Crippen LogP contribution in [0.3, 0.4) is 0 Å². The largest absolute Gasteiger partial charge is 0.508 e. The number of phenolic OH excluding ortho intramolecular Hbond substituents is 1. The number of ether oxygens (including phenoxy) is 1. The molecule has 0 spiro atoms. The Morgan fingerprint density at radius 3 is 2.48 bits per heavy atom. The Bertz CT molecular complexity index is 520. The summed E-state index contributed by atoms with van der Waals surface area (Å²) in [6.45, 7) is 3.65. The van der Waals surface area contributed by atoms with Crippen LogP contribution in [0.2, 0.25) is 0 Å². The molecule has 2 rings (SSSR count). The predicted molar refractivity (Wildman–Crippen MR) is 85.1 cm³/mol. The first-order chi connectivity index (χ1) is 10.3.